The zero-order valence-electron chi connectivity index (χ0n) is 13.1. The van der Waals surface area contributed by atoms with Crippen LogP contribution in [0.15, 0.2) is 16.7 Å². The van der Waals surface area contributed by atoms with E-state index in [1.807, 2.05) is 0 Å². The van der Waals surface area contributed by atoms with Crippen molar-refractivity contribution in [2.24, 2.45) is 0 Å². The summed E-state index contributed by atoms with van der Waals surface area (Å²) in [7, 11) is 4.60. The van der Waals surface area contributed by atoms with E-state index in [4.69, 9.17) is 18.7 Å². The molecular weight excluding hydrogens is 305 g/mol. The maximum Gasteiger partial charge on any atom is 0.244 e. The molecule has 0 unspecified atom stereocenters. The Kier molecular flexibility index (Phi) is 4.33. The van der Waals surface area contributed by atoms with Crippen molar-refractivity contribution in [1.82, 2.24) is 15.5 Å². The fourth-order valence-electron chi connectivity index (χ4n) is 2.58. The normalized spacial score (nSPS) is 20.5. The monoisotopic (exact) mass is 323 g/mol. The number of hydrogen-bond donors (Lipinski definition) is 1. The molecule has 0 radical (unpaired) electrons. The number of hydrogen-bond acceptors (Lipinski definition) is 7. The summed E-state index contributed by atoms with van der Waals surface area (Å²) in [6, 6.07) is 3.21. The van der Waals surface area contributed by atoms with Crippen molar-refractivity contribution >= 4 is 0 Å². The summed E-state index contributed by atoms with van der Waals surface area (Å²) in [6.07, 6.45) is -0.562. The lowest BCUT2D eigenvalue weighted by molar-refractivity contribution is 0.323. The highest BCUT2D eigenvalue weighted by Crippen LogP contribution is 2.40. The number of nitrogens with one attached hydrogen (secondary N) is 1. The minimum absolute atomic E-state index is 0.256. The number of aromatic nitrogens is 2. The Morgan fingerprint density at radius 2 is 1.87 bits per heavy atom. The van der Waals surface area contributed by atoms with E-state index in [0.717, 1.165) is 0 Å². The molecule has 2 atom stereocenters. The van der Waals surface area contributed by atoms with Crippen LogP contribution < -0.4 is 19.5 Å². The van der Waals surface area contributed by atoms with Gasteiger partial charge in [-0.25, -0.2) is 4.39 Å². The molecule has 0 amide bonds. The summed E-state index contributed by atoms with van der Waals surface area (Å²) in [4.78, 5) is 4.34. The van der Waals surface area contributed by atoms with Gasteiger partial charge in [0.1, 0.15) is 6.17 Å². The predicted molar refractivity (Wildman–Crippen MR) is 79.6 cm³/mol. The third-order valence-corrected chi connectivity index (χ3v) is 3.74. The molecule has 0 spiro atoms. The van der Waals surface area contributed by atoms with Gasteiger partial charge in [-0.2, -0.15) is 4.98 Å². The van der Waals surface area contributed by atoms with Crippen LogP contribution in [0.5, 0.6) is 17.2 Å². The van der Waals surface area contributed by atoms with E-state index in [1.165, 1.54) is 21.3 Å². The van der Waals surface area contributed by atoms with E-state index in [9.17, 15) is 4.39 Å². The molecule has 1 N–H and O–H groups in total. The van der Waals surface area contributed by atoms with E-state index in [1.54, 1.807) is 12.1 Å². The number of rotatable bonds is 5. The highest BCUT2D eigenvalue weighted by molar-refractivity contribution is 5.66. The van der Waals surface area contributed by atoms with E-state index in [-0.39, 0.29) is 6.04 Å². The van der Waals surface area contributed by atoms with Gasteiger partial charge in [-0.15, -0.1) is 0 Å². The largest absolute Gasteiger partial charge is 0.493 e. The molecule has 3 rings (SSSR count). The van der Waals surface area contributed by atoms with Gasteiger partial charge in [0, 0.05) is 18.5 Å². The Bertz CT molecular complexity index is 666. The molecule has 1 aromatic carbocycles. The summed E-state index contributed by atoms with van der Waals surface area (Å²) in [5, 5.41) is 6.97. The molecule has 7 nitrogen and oxygen atoms in total. The van der Waals surface area contributed by atoms with E-state index >= 15 is 0 Å². The van der Waals surface area contributed by atoms with Crippen molar-refractivity contribution in [3.63, 3.8) is 0 Å². The number of benzene rings is 1. The Hall–Kier alpha value is -2.35. The SMILES string of the molecule is COc1cc(-c2noc([C@H]3C[C@H](F)CN3)n2)cc(OC)c1OC. The molecule has 2 aromatic rings. The molecule has 2 heterocycles. The first-order valence-electron chi connectivity index (χ1n) is 7.17. The lowest BCUT2D eigenvalue weighted by Crippen LogP contribution is -2.14. The first kappa shape index (κ1) is 15.5. The zero-order valence-corrected chi connectivity index (χ0v) is 13.1. The van der Waals surface area contributed by atoms with Gasteiger partial charge in [-0.1, -0.05) is 5.16 Å². The van der Waals surface area contributed by atoms with Crippen LogP contribution in [0.3, 0.4) is 0 Å². The van der Waals surface area contributed by atoms with Gasteiger partial charge in [0.15, 0.2) is 11.5 Å². The van der Waals surface area contributed by atoms with Gasteiger partial charge in [0.05, 0.1) is 27.4 Å². The summed E-state index contributed by atoms with van der Waals surface area (Å²) < 4.78 is 34.4. The quantitative estimate of drug-likeness (QED) is 0.903. The van der Waals surface area contributed by atoms with E-state index in [0.29, 0.717) is 47.5 Å². The molecule has 1 aliphatic rings. The van der Waals surface area contributed by atoms with Crippen molar-refractivity contribution in [2.45, 2.75) is 18.6 Å². The van der Waals surface area contributed by atoms with Crippen molar-refractivity contribution in [3.8, 4) is 28.6 Å². The third-order valence-electron chi connectivity index (χ3n) is 3.74. The maximum absolute atomic E-state index is 13.3. The molecule has 1 saturated heterocycles. The lowest BCUT2D eigenvalue weighted by Gasteiger charge is -2.12. The second-order valence-corrected chi connectivity index (χ2v) is 5.16. The molecule has 1 aromatic heterocycles. The fraction of sp³-hybridized carbons (Fsp3) is 0.467. The number of ether oxygens (including phenoxy) is 3. The number of nitrogens with zero attached hydrogens (tertiary/aromatic N) is 2. The lowest BCUT2D eigenvalue weighted by atomic mass is 10.1. The highest BCUT2D eigenvalue weighted by Gasteiger charge is 2.29. The minimum atomic E-state index is -0.892. The Labute approximate surface area is 132 Å². The molecule has 1 aliphatic heterocycles. The molecule has 0 bridgehead atoms. The van der Waals surface area contributed by atoms with Gasteiger partial charge in [0.2, 0.25) is 17.5 Å². The standard InChI is InChI=1S/C15H18FN3O4/c1-20-11-4-8(5-12(21-2)13(11)22-3)14-18-15(23-19-14)10-6-9(16)7-17-10/h4-5,9-10,17H,6-7H2,1-3H3/t9-,10+/m0/s1. The third kappa shape index (κ3) is 2.94. The van der Waals surface area contributed by atoms with Crippen LogP contribution in [0.2, 0.25) is 0 Å². The molecule has 1 fully saturated rings. The van der Waals surface area contributed by atoms with Crippen LogP contribution in [0, 0.1) is 0 Å². The van der Waals surface area contributed by atoms with Gasteiger partial charge in [-0.05, 0) is 12.1 Å². The molecule has 0 saturated carbocycles. The average molecular weight is 323 g/mol. The Morgan fingerprint density at radius 1 is 1.17 bits per heavy atom. The van der Waals surface area contributed by atoms with Crippen LogP contribution in [-0.4, -0.2) is 44.2 Å². The summed E-state index contributed by atoms with van der Waals surface area (Å²) in [5.41, 5.74) is 0.657. The highest BCUT2D eigenvalue weighted by atomic mass is 19.1. The fourth-order valence-corrected chi connectivity index (χ4v) is 2.58. The van der Waals surface area contributed by atoms with E-state index < -0.39 is 6.17 Å². The molecular formula is C15H18FN3O4. The maximum atomic E-state index is 13.3. The topological polar surface area (TPSA) is 78.6 Å². The molecule has 0 aliphatic carbocycles. The van der Waals surface area contributed by atoms with Crippen LogP contribution in [0.1, 0.15) is 18.4 Å². The zero-order chi connectivity index (χ0) is 16.4. The van der Waals surface area contributed by atoms with Crippen molar-refractivity contribution < 1.29 is 23.1 Å². The van der Waals surface area contributed by atoms with E-state index in [2.05, 4.69) is 15.5 Å². The van der Waals surface area contributed by atoms with Gasteiger partial charge < -0.3 is 24.1 Å². The Balaban J connectivity index is 1.94. The second-order valence-electron chi connectivity index (χ2n) is 5.16. The van der Waals surface area contributed by atoms with Crippen LogP contribution in [0.25, 0.3) is 11.4 Å². The van der Waals surface area contributed by atoms with Crippen LogP contribution in [-0.2, 0) is 0 Å². The van der Waals surface area contributed by atoms with Crippen molar-refractivity contribution in [2.75, 3.05) is 27.9 Å². The Morgan fingerprint density at radius 3 is 2.39 bits per heavy atom. The second kappa shape index (κ2) is 6.41. The minimum Gasteiger partial charge on any atom is -0.493 e. The van der Waals surface area contributed by atoms with Gasteiger partial charge in [-0.3, -0.25) is 0 Å². The number of halogens is 1. The smallest absolute Gasteiger partial charge is 0.244 e. The molecule has 23 heavy (non-hydrogen) atoms. The summed E-state index contributed by atoms with van der Waals surface area (Å²) in [5.74, 6) is 2.23. The number of alkyl halides is 1. The first-order valence-corrected chi connectivity index (χ1v) is 7.17. The predicted octanol–water partition coefficient (Wildman–Crippen LogP) is 2.13. The summed E-state index contributed by atoms with van der Waals surface area (Å²) >= 11 is 0. The van der Waals surface area contributed by atoms with Gasteiger partial charge in [0.25, 0.3) is 0 Å². The molecule has 124 valence electrons. The van der Waals surface area contributed by atoms with Crippen molar-refractivity contribution in [3.05, 3.63) is 18.0 Å². The van der Waals surface area contributed by atoms with Crippen LogP contribution in [0.4, 0.5) is 4.39 Å². The first-order chi connectivity index (χ1) is 11.2. The average Bonchev–Trinajstić information content (AvgIpc) is 3.22. The number of methoxy groups -OCH3 is 3. The van der Waals surface area contributed by atoms with Crippen molar-refractivity contribution in [1.29, 1.82) is 0 Å². The van der Waals surface area contributed by atoms with Crippen LogP contribution >= 0.6 is 0 Å². The molecule has 8 heteroatoms. The summed E-state index contributed by atoms with van der Waals surface area (Å²) in [6.45, 7) is 0.298. The van der Waals surface area contributed by atoms with Gasteiger partial charge >= 0.3 is 0 Å².